The van der Waals surface area contributed by atoms with Gasteiger partial charge in [0.25, 0.3) is 0 Å². The smallest absolute Gasteiger partial charge is 0.161 e. The molecule has 0 bridgehead atoms. The summed E-state index contributed by atoms with van der Waals surface area (Å²) in [5.74, 6) is 0.724. The Hall–Kier alpha value is -5.68. The second-order valence-electron chi connectivity index (χ2n) is 12.1. The highest BCUT2D eigenvalue weighted by Gasteiger charge is 2.19. The van der Waals surface area contributed by atoms with Crippen LogP contribution in [0.4, 0.5) is 0 Å². The third-order valence-electron chi connectivity index (χ3n) is 9.33. The first-order valence-electron chi connectivity index (χ1n) is 16.1. The van der Waals surface area contributed by atoms with Crippen LogP contribution in [0.25, 0.3) is 96.1 Å². The van der Waals surface area contributed by atoms with Gasteiger partial charge in [0.1, 0.15) is 0 Å². The Balaban J connectivity index is 1.27. The highest BCUT2D eigenvalue weighted by molar-refractivity contribution is 7.26. The van der Waals surface area contributed by atoms with Crippen LogP contribution in [0.2, 0.25) is 0 Å². The van der Waals surface area contributed by atoms with Crippen molar-refractivity contribution in [2.75, 3.05) is 0 Å². The molecule has 0 unspecified atom stereocenters. The Bertz CT molecular complexity index is 2720. The largest absolute Gasteiger partial charge is 0.228 e. The SMILES string of the molecule is c1ccc(-c2cccc3ccccc23)c(-c2nc(-c3cccc4c3sc3ccccc34)cc(-c3cccc4c3sc3ccccc34)n2)c1. The number of thiophene rings is 2. The molecule has 0 fully saturated rings. The van der Waals surface area contributed by atoms with Crippen LogP contribution in [0.15, 0.2) is 158 Å². The van der Waals surface area contributed by atoms with Crippen molar-refractivity contribution in [2.24, 2.45) is 0 Å². The molecule has 7 aromatic carbocycles. The van der Waals surface area contributed by atoms with Gasteiger partial charge in [-0.25, -0.2) is 9.97 Å². The summed E-state index contributed by atoms with van der Waals surface area (Å²) in [7, 11) is 0. The van der Waals surface area contributed by atoms with E-state index < -0.39 is 0 Å². The van der Waals surface area contributed by atoms with Gasteiger partial charge < -0.3 is 0 Å². The van der Waals surface area contributed by atoms with E-state index in [9.17, 15) is 0 Å². The molecule has 0 atom stereocenters. The molecule has 10 aromatic rings. The summed E-state index contributed by atoms with van der Waals surface area (Å²) < 4.78 is 5.06. The van der Waals surface area contributed by atoms with E-state index in [0.29, 0.717) is 0 Å². The lowest BCUT2D eigenvalue weighted by Crippen LogP contribution is -1.98. The second-order valence-corrected chi connectivity index (χ2v) is 14.2. The number of fused-ring (bicyclic) bond motifs is 7. The van der Waals surface area contributed by atoms with E-state index in [-0.39, 0.29) is 0 Å². The van der Waals surface area contributed by atoms with Crippen molar-refractivity contribution in [2.45, 2.75) is 0 Å². The van der Waals surface area contributed by atoms with Crippen LogP contribution in [-0.4, -0.2) is 9.97 Å². The van der Waals surface area contributed by atoms with Crippen molar-refractivity contribution in [3.63, 3.8) is 0 Å². The fourth-order valence-corrected chi connectivity index (χ4v) is 9.56. The summed E-state index contributed by atoms with van der Waals surface area (Å²) in [6.07, 6.45) is 0. The number of nitrogens with zero attached hydrogens (tertiary/aromatic N) is 2. The quantitative estimate of drug-likeness (QED) is 0.190. The van der Waals surface area contributed by atoms with Crippen LogP contribution in [-0.2, 0) is 0 Å². The number of hydrogen-bond donors (Lipinski definition) is 0. The van der Waals surface area contributed by atoms with Gasteiger partial charge in [-0.2, -0.15) is 0 Å². The lowest BCUT2D eigenvalue weighted by atomic mass is 9.94. The first-order chi connectivity index (χ1) is 23.8. The molecule has 0 radical (unpaired) electrons. The molecule has 0 saturated carbocycles. The molecule has 48 heavy (non-hydrogen) atoms. The Morgan fingerprint density at radius 3 is 1.42 bits per heavy atom. The van der Waals surface area contributed by atoms with Crippen molar-refractivity contribution in [1.82, 2.24) is 9.97 Å². The maximum atomic E-state index is 5.41. The van der Waals surface area contributed by atoms with Crippen LogP contribution >= 0.6 is 22.7 Å². The molecule has 3 aromatic heterocycles. The van der Waals surface area contributed by atoms with Crippen molar-refractivity contribution >= 4 is 73.8 Å². The molecular formula is C44H26N2S2. The lowest BCUT2D eigenvalue weighted by molar-refractivity contribution is 1.19. The van der Waals surface area contributed by atoms with Crippen LogP contribution in [0.5, 0.6) is 0 Å². The van der Waals surface area contributed by atoms with Gasteiger partial charge in [-0.15, -0.1) is 22.7 Å². The van der Waals surface area contributed by atoms with Crippen molar-refractivity contribution in [1.29, 1.82) is 0 Å². The third-order valence-corrected chi connectivity index (χ3v) is 11.8. The maximum absolute atomic E-state index is 5.41. The normalized spacial score (nSPS) is 11.8. The molecule has 4 heteroatoms. The van der Waals surface area contributed by atoms with Crippen LogP contribution in [0, 0.1) is 0 Å². The Morgan fingerprint density at radius 1 is 0.333 bits per heavy atom. The minimum absolute atomic E-state index is 0.724. The fourth-order valence-electron chi connectivity index (χ4n) is 7.11. The van der Waals surface area contributed by atoms with E-state index in [2.05, 4.69) is 158 Å². The molecule has 3 heterocycles. The molecule has 0 N–H and O–H groups in total. The molecule has 0 aliphatic heterocycles. The van der Waals surface area contributed by atoms with Crippen LogP contribution in [0.1, 0.15) is 0 Å². The maximum Gasteiger partial charge on any atom is 0.161 e. The minimum atomic E-state index is 0.724. The number of benzene rings is 7. The first kappa shape index (κ1) is 27.4. The highest BCUT2D eigenvalue weighted by Crippen LogP contribution is 2.44. The number of hydrogen-bond acceptors (Lipinski definition) is 4. The predicted molar refractivity (Wildman–Crippen MR) is 207 cm³/mol. The van der Waals surface area contributed by atoms with Gasteiger partial charge >= 0.3 is 0 Å². The zero-order valence-electron chi connectivity index (χ0n) is 25.7. The van der Waals surface area contributed by atoms with Gasteiger partial charge in [-0.1, -0.05) is 140 Å². The Kier molecular flexibility index (Phi) is 6.26. The molecule has 2 nitrogen and oxygen atoms in total. The topological polar surface area (TPSA) is 25.8 Å². The van der Waals surface area contributed by atoms with Crippen LogP contribution in [0.3, 0.4) is 0 Å². The van der Waals surface area contributed by atoms with Gasteiger partial charge in [-0.05, 0) is 40.1 Å². The van der Waals surface area contributed by atoms with Gasteiger partial charge in [0.05, 0.1) is 11.4 Å². The predicted octanol–water partition coefficient (Wildman–Crippen LogP) is 13.0. The fraction of sp³-hybridized carbons (Fsp3) is 0. The van der Waals surface area contributed by atoms with E-state index in [1.54, 1.807) is 0 Å². The standard InChI is InChI=1S/C44H26N2S2/c1-2-14-28-27(12-1)13-9-19-29(28)30-15-3-4-18-35(30)44-45-38(36-22-10-20-33-31-16-5-7-24-40(31)47-42(33)36)26-39(46-44)37-23-11-21-34-32-17-6-8-25-41(32)48-43(34)37/h1-26H. The van der Waals surface area contributed by atoms with Gasteiger partial charge in [0.2, 0.25) is 0 Å². The van der Waals surface area contributed by atoms with E-state index in [0.717, 1.165) is 39.5 Å². The van der Waals surface area contributed by atoms with E-state index >= 15 is 0 Å². The summed E-state index contributed by atoms with van der Waals surface area (Å²) in [6.45, 7) is 0. The van der Waals surface area contributed by atoms with E-state index in [4.69, 9.17) is 9.97 Å². The summed E-state index contributed by atoms with van der Waals surface area (Å²) in [5.41, 5.74) is 7.43. The van der Waals surface area contributed by atoms with Crippen molar-refractivity contribution in [3.8, 4) is 45.0 Å². The average Bonchev–Trinajstić information content (AvgIpc) is 3.73. The molecule has 224 valence electrons. The van der Waals surface area contributed by atoms with Gasteiger partial charge in [0.15, 0.2) is 5.82 Å². The monoisotopic (exact) mass is 646 g/mol. The molecular weight excluding hydrogens is 621 g/mol. The first-order valence-corrected chi connectivity index (χ1v) is 17.7. The summed E-state index contributed by atoms with van der Waals surface area (Å²) in [4.78, 5) is 10.8. The lowest BCUT2D eigenvalue weighted by Gasteiger charge is -2.14. The Labute approximate surface area is 285 Å². The molecule has 0 aliphatic rings. The average molecular weight is 647 g/mol. The molecule has 10 rings (SSSR count). The van der Waals surface area contributed by atoms with E-state index in [1.165, 1.54) is 56.7 Å². The van der Waals surface area contributed by atoms with Crippen molar-refractivity contribution < 1.29 is 0 Å². The van der Waals surface area contributed by atoms with E-state index in [1.807, 2.05) is 22.7 Å². The molecule has 0 saturated heterocycles. The minimum Gasteiger partial charge on any atom is -0.228 e. The second kappa shape index (κ2) is 11.0. The Morgan fingerprint density at radius 2 is 0.771 bits per heavy atom. The highest BCUT2D eigenvalue weighted by atomic mass is 32.1. The molecule has 0 aliphatic carbocycles. The zero-order chi connectivity index (χ0) is 31.6. The summed E-state index contributed by atoms with van der Waals surface area (Å²) >= 11 is 3.67. The summed E-state index contributed by atoms with van der Waals surface area (Å²) in [5, 5.41) is 7.52. The van der Waals surface area contributed by atoms with Crippen LogP contribution < -0.4 is 0 Å². The number of rotatable bonds is 4. The van der Waals surface area contributed by atoms with Crippen molar-refractivity contribution in [3.05, 3.63) is 158 Å². The number of aromatic nitrogens is 2. The third kappa shape index (κ3) is 4.31. The summed E-state index contributed by atoms with van der Waals surface area (Å²) in [6, 6.07) is 56.4. The zero-order valence-corrected chi connectivity index (χ0v) is 27.4. The van der Waals surface area contributed by atoms with Gasteiger partial charge in [0, 0.05) is 57.0 Å². The van der Waals surface area contributed by atoms with Gasteiger partial charge in [-0.3, -0.25) is 0 Å². The molecule has 0 spiro atoms. The molecule has 0 amide bonds.